The minimum absolute atomic E-state index is 0. The molecular weight excluding hydrogens is 361 g/mol. The monoisotopic (exact) mass is 383 g/mol. The number of nitrogens with zero attached hydrogens (tertiary/aromatic N) is 6. The Hall–Kier alpha value is -1.83. The minimum atomic E-state index is 0. The lowest BCUT2D eigenvalue weighted by Crippen LogP contribution is -2.28. The molecule has 0 aliphatic carbocycles. The van der Waals surface area contributed by atoms with Gasteiger partial charge in [-0.1, -0.05) is 6.92 Å². The van der Waals surface area contributed by atoms with Crippen LogP contribution in [0.1, 0.15) is 24.6 Å². The molecule has 136 valence electrons. The van der Waals surface area contributed by atoms with Crippen molar-refractivity contribution < 1.29 is 0 Å². The maximum Gasteiger partial charge on any atom is 0.160 e. The van der Waals surface area contributed by atoms with Crippen molar-refractivity contribution in [2.75, 3.05) is 6.54 Å². The molecule has 3 aromatic rings. The number of nitrogens with one attached hydrogen (secondary N) is 1. The summed E-state index contributed by atoms with van der Waals surface area (Å²) >= 11 is 0. The lowest BCUT2D eigenvalue weighted by atomic mass is 10.3. The van der Waals surface area contributed by atoms with Gasteiger partial charge >= 0.3 is 0 Å². The van der Waals surface area contributed by atoms with E-state index < -0.39 is 0 Å². The van der Waals surface area contributed by atoms with Crippen LogP contribution in [0.15, 0.2) is 30.9 Å². The average Bonchev–Trinajstić information content (AvgIpc) is 3.27. The highest BCUT2D eigenvalue weighted by molar-refractivity contribution is 5.85. The molecule has 0 radical (unpaired) electrons. The molecule has 25 heavy (non-hydrogen) atoms. The molecular formula is C16H23Cl2N7. The first kappa shape index (κ1) is 19.5. The number of aryl methyl sites for hydroxylation is 1. The van der Waals surface area contributed by atoms with E-state index in [2.05, 4.69) is 43.8 Å². The van der Waals surface area contributed by atoms with E-state index in [1.807, 2.05) is 23.3 Å². The van der Waals surface area contributed by atoms with Crippen LogP contribution in [0.4, 0.5) is 0 Å². The van der Waals surface area contributed by atoms with Gasteiger partial charge in [0, 0.05) is 43.8 Å². The standard InChI is InChI=1S/C16H21N7.2ClH/c1-2-5-22-12-13(9-19-22)11-21-6-4-18-16(21)15-8-14-10-17-3-7-23(14)20-15;;/h4,6,8-9,12,17H,2-3,5,7,10-11H2,1H3;2*1H. The molecule has 4 rings (SSSR count). The maximum atomic E-state index is 4.70. The number of rotatable bonds is 5. The van der Waals surface area contributed by atoms with Gasteiger partial charge in [0.15, 0.2) is 5.82 Å². The summed E-state index contributed by atoms with van der Waals surface area (Å²) in [5, 5.41) is 12.5. The molecule has 0 amide bonds. The minimum Gasteiger partial charge on any atom is -0.325 e. The average molecular weight is 384 g/mol. The third kappa shape index (κ3) is 4.05. The van der Waals surface area contributed by atoms with Gasteiger partial charge in [-0.3, -0.25) is 9.36 Å². The predicted molar refractivity (Wildman–Crippen MR) is 101 cm³/mol. The first-order valence-electron chi connectivity index (χ1n) is 8.14. The van der Waals surface area contributed by atoms with Crippen LogP contribution < -0.4 is 5.32 Å². The lowest BCUT2D eigenvalue weighted by Gasteiger charge is -2.13. The predicted octanol–water partition coefficient (Wildman–Crippen LogP) is 2.35. The van der Waals surface area contributed by atoms with Crippen LogP contribution in [-0.2, 0) is 26.2 Å². The Morgan fingerprint density at radius 2 is 2.16 bits per heavy atom. The summed E-state index contributed by atoms with van der Waals surface area (Å²) < 4.78 is 6.20. The Labute approximate surface area is 159 Å². The highest BCUT2D eigenvalue weighted by Gasteiger charge is 2.16. The van der Waals surface area contributed by atoms with Gasteiger partial charge in [-0.05, 0) is 12.5 Å². The molecule has 4 heterocycles. The molecule has 9 heteroatoms. The molecule has 0 fully saturated rings. The van der Waals surface area contributed by atoms with E-state index in [0.717, 1.165) is 50.7 Å². The molecule has 0 atom stereocenters. The third-order valence-corrected chi connectivity index (χ3v) is 4.11. The lowest BCUT2D eigenvalue weighted by molar-refractivity contribution is 0.476. The summed E-state index contributed by atoms with van der Waals surface area (Å²) in [6.45, 7) is 6.64. The van der Waals surface area contributed by atoms with E-state index >= 15 is 0 Å². The van der Waals surface area contributed by atoms with Gasteiger partial charge in [0.1, 0.15) is 5.69 Å². The van der Waals surface area contributed by atoms with Crippen LogP contribution in [-0.4, -0.2) is 35.7 Å². The Kier molecular flexibility index (Phi) is 6.64. The first-order chi connectivity index (χ1) is 11.3. The van der Waals surface area contributed by atoms with Gasteiger partial charge in [0.05, 0.1) is 25.0 Å². The topological polar surface area (TPSA) is 65.5 Å². The summed E-state index contributed by atoms with van der Waals surface area (Å²) in [6, 6.07) is 2.13. The zero-order chi connectivity index (χ0) is 15.6. The Morgan fingerprint density at radius 1 is 1.28 bits per heavy atom. The van der Waals surface area contributed by atoms with Gasteiger partial charge in [-0.2, -0.15) is 10.2 Å². The first-order valence-corrected chi connectivity index (χ1v) is 8.14. The zero-order valence-corrected chi connectivity index (χ0v) is 15.8. The third-order valence-electron chi connectivity index (χ3n) is 4.11. The van der Waals surface area contributed by atoms with E-state index in [1.54, 1.807) is 0 Å². The molecule has 0 saturated heterocycles. The van der Waals surface area contributed by atoms with Gasteiger partial charge in [-0.25, -0.2) is 4.98 Å². The van der Waals surface area contributed by atoms with Crippen LogP contribution in [0.25, 0.3) is 11.5 Å². The number of hydrogen-bond donors (Lipinski definition) is 1. The van der Waals surface area contributed by atoms with Crippen molar-refractivity contribution in [2.24, 2.45) is 0 Å². The molecule has 7 nitrogen and oxygen atoms in total. The highest BCUT2D eigenvalue weighted by Crippen LogP contribution is 2.20. The fraction of sp³-hybridized carbons (Fsp3) is 0.438. The van der Waals surface area contributed by atoms with Gasteiger partial charge in [-0.15, -0.1) is 24.8 Å². The summed E-state index contributed by atoms with van der Waals surface area (Å²) in [7, 11) is 0. The Morgan fingerprint density at radius 3 is 2.96 bits per heavy atom. The van der Waals surface area contributed by atoms with Crippen LogP contribution in [0.3, 0.4) is 0 Å². The van der Waals surface area contributed by atoms with E-state index in [1.165, 1.54) is 11.3 Å². The molecule has 0 spiro atoms. The molecule has 0 saturated carbocycles. The second-order valence-electron chi connectivity index (χ2n) is 5.91. The second-order valence-corrected chi connectivity index (χ2v) is 5.91. The van der Waals surface area contributed by atoms with E-state index in [9.17, 15) is 0 Å². The molecule has 1 aliphatic heterocycles. The SMILES string of the molecule is CCCn1cc(Cn2ccnc2-c2cc3n(n2)CCNC3)cn1.Cl.Cl. The zero-order valence-electron chi connectivity index (χ0n) is 14.1. The van der Waals surface area contributed by atoms with E-state index in [-0.39, 0.29) is 24.8 Å². The van der Waals surface area contributed by atoms with Crippen LogP contribution in [0.2, 0.25) is 0 Å². The number of imidazole rings is 1. The molecule has 0 aromatic carbocycles. The normalized spacial score (nSPS) is 13.0. The molecule has 1 N–H and O–H groups in total. The summed E-state index contributed by atoms with van der Waals surface area (Å²) in [6.07, 6.45) is 8.97. The molecule has 1 aliphatic rings. The maximum absolute atomic E-state index is 4.70. The van der Waals surface area contributed by atoms with Crippen molar-refractivity contribution in [3.8, 4) is 11.5 Å². The molecule has 0 unspecified atom stereocenters. The fourth-order valence-corrected chi connectivity index (χ4v) is 3.01. The summed E-state index contributed by atoms with van der Waals surface area (Å²) in [5.41, 5.74) is 3.34. The van der Waals surface area contributed by atoms with Gasteiger partial charge in [0.2, 0.25) is 0 Å². The second kappa shape index (κ2) is 8.51. The van der Waals surface area contributed by atoms with E-state index in [0.29, 0.717) is 0 Å². The van der Waals surface area contributed by atoms with Crippen molar-refractivity contribution in [3.63, 3.8) is 0 Å². The number of hydrogen-bond acceptors (Lipinski definition) is 4. The number of fused-ring (bicyclic) bond motifs is 1. The van der Waals surface area contributed by atoms with Crippen molar-refractivity contribution in [2.45, 2.75) is 39.5 Å². The van der Waals surface area contributed by atoms with Crippen molar-refractivity contribution in [3.05, 3.63) is 42.1 Å². The van der Waals surface area contributed by atoms with Crippen LogP contribution in [0, 0.1) is 0 Å². The Bertz CT molecular complexity index is 782. The van der Waals surface area contributed by atoms with Gasteiger partial charge < -0.3 is 9.88 Å². The van der Waals surface area contributed by atoms with E-state index in [4.69, 9.17) is 5.10 Å². The van der Waals surface area contributed by atoms with Crippen molar-refractivity contribution in [1.82, 2.24) is 34.4 Å². The largest absolute Gasteiger partial charge is 0.325 e. The molecule has 3 aromatic heterocycles. The smallest absolute Gasteiger partial charge is 0.160 e. The number of halogens is 2. The Balaban J connectivity index is 0.00000113. The van der Waals surface area contributed by atoms with Crippen molar-refractivity contribution in [1.29, 1.82) is 0 Å². The fourth-order valence-electron chi connectivity index (χ4n) is 3.01. The number of aromatic nitrogens is 6. The summed E-state index contributed by atoms with van der Waals surface area (Å²) in [5.74, 6) is 0.912. The molecule has 0 bridgehead atoms. The van der Waals surface area contributed by atoms with Crippen LogP contribution in [0.5, 0.6) is 0 Å². The van der Waals surface area contributed by atoms with Crippen LogP contribution >= 0.6 is 24.8 Å². The highest BCUT2D eigenvalue weighted by atomic mass is 35.5. The quantitative estimate of drug-likeness (QED) is 0.734. The van der Waals surface area contributed by atoms with Gasteiger partial charge in [0.25, 0.3) is 0 Å². The van der Waals surface area contributed by atoms with Crippen molar-refractivity contribution >= 4 is 24.8 Å². The summed E-state index contributed by atoms with van der Waals surface area (Å²) in [4.78, 5) is 4.51.